The number of furan rings is 1. The largest absolute Gasteiger partial charge is 0.453 e. The summed E-state index contributed by atoms with van der Waals surface area (Å²) in [5.41, 5.74) is 6.15. The van der Waals surface area contributed by atoms with Gasteiger partial charge in [-0.25, -0.2) is 8.42 Å². The average molecular weight is 424 g/mol. The molecule has 5 nitrogen and oxygen atoms in total. The van der Waals surface area contributed by atoms with Gasteiger partial charge >= 0.3 is 0 Å². The van der Waals surface area contributed by atoms with Crippen molar-refractivity contribution < 1.29 is 12.8 Å². The van der Waals surface area contributed by atoms with Crippen LogP contribution in [0.25, 0.3) is 0 Å². The molecule has 0 aliphatic rings. The number of benzene rings is 1. The van der Waals surface area contributed by atoms with Crippen LogP contribution in [0.4, 0.5) is 5.69 Å². The zero-order chi connectivity index (χ0) is 14.9. The van der Waals surface area contributed by atoms with Gasteiger partial charge in [-0.2, -0.15) is 4.31 Å². The van der Waals surface area contributed by atoms with Gasteiger partial charge in [0.2, 0.25) is 10.0 Å². The minimum Gasteiger partial charge on any atom is -0.453 e. The molecule has 2 N–H and O–H groups in total. The molecule has 0 atom stereocenters. The maximum absolute atomic E-state index is 12.4. The van der Waals surface area contributed by atoms with Gasteiger partial charge in [-0.05, 0) is 62.2 Å². The number of hydrogen-bond donors (Lipinski definition) is 1. The highest BCUT2D eigenvalue weighted by Crippen LogP contribution is 2.25. The Morgan fingerprint density at radius 2 is 1.95 bits per heavy atom. The highest BCUT2D eigenvalue weighted by atomic mass is 79.9. The predicted octanol–water partition coefficient (Wildman–Crippen LogP) is 3.21. The summed E-state index contributed by atoms with van der Waals surface area (Å²) in [5, 5.41) is 0. The third-order valence-corrected chi connectivity index (χ3v) is 5.60. The molecule has 0 bridgehead atoms. The van der Waals surface area contributed by atoms with Crippen molar-refractivity contribution in [1.82, 2.24) is 4.31 Å². The van der Waals surface area contributed by atoms with E-state index in [0.29, 0.717) is 20.6 Å². The maximum atomic E-state index is 12.4. The molecule has 2 aromatic rings. The Labute approximate surface area is 134 Å². The van der Waals surface area contributed by atoms with Crippen LogP contribution in [0.5, 0.6) is 0 Å². The van der Waals surface area contributed by atoms with Crippen molar-refractivity contribution in [2.75, 3.05) is 12.8 Å². The average Bonchev–Trinajstić information content (AvgIpc) is 2.78. The summed E-state index contributed by atoms with van der Waals surface area (Å²) < 4.78 is 32.5. The first-order valence-corrected chi connectivity index (χ1v) is 8.59. The lowest BCUT2D eigenvalue weighted by Gasteiger charge is -2.16. The molecular weight excluding hydrogens is 412 g/mol. The molecule has 0 saturated carbocycles. The third-order valence-electron chi connectivity index (χ3n) is 2.69. The Morgan fingerprint density at radius 1 is 1.25 bits per heavy atom. The summed E-state index contributed by atoms with van der Waals surface area (Å²) in [6, 6.07) is 7.95. The van der Waals surface area contributed by atoms with Gasteiger partial charge in [0, 0.05) is 17.2 Å². The van der Waals surface area contributed by atoms with E-state index >= 15 is 0 Å². The summed E-state index contributed by atoms with van der Waals surface area (Å²) in [6.07, 6.45) is 0. The van der Waals surface area contributed by atoms with E-state index in [2.05, 4.69) is 31.9 Å². The summed E-state index contributed by atoms with van der Waals surface area (Å²) in [5.74, 6) is 0.553. The molecule has 2 rings (SSSR count). The summed E-state index contributed by atoms with van der Waals surface area (Å²) in [4.78, 5) is 0.173. The Hall–Kier alpha value is -0.830. The fraction of sp³-hybridized carbons (Fsp3) is 0.167. The molecule has 1 heterocycles. The highest BCUT2D eigenvalue weighted by molar-refractivity contribution is 9.10. The van der Waals surface area contributed by atoms with Crippen LogP contribution in [0.15, 0.2) is 48.8 Å². The fourth-order valence-electron chi connectivity index (χ4n) is 1.59. The number of sulfonamides is 1. The van der Waals surface area contributed by atoms with Crippen molar-refractivity contribution in [3.63, 3.8) is 0 Å². The van der Waals surface area contributed by atoms with Crippen LogP contribution >= 0.6 is 31.9 Å². The molecule has 1 aromatic carbocycles. The number of hydrogen-bond acceptors (Lipinski definition) is 4. The zero-order valence-corrected chi connectivity index (χ0v) is 14.5. The molecule has 0 radical (unpaired) electrons. The quantitative estimate of drug-likeness (QED) is 0.766. The number of nitrogens with two attached hydrogens (primary N) is 1. The first kappa shape index (κ1) is 15.6. The predicted molar refractivity (Wildman–Crippen MR) is 83.6 cm³/mol. The lowest BCUT2D eigenvalue weighted by Crippen LogP contribution is -2.26. The summed E-state index contributed by atoms with van der Waals surface area (Å²) >= 11 is 6.41. The van der Waals surface area contributed by atoms with Crippen LogP contribution in [0.2, 0.25) is 0 Å². The van der Waals surface area contributed by atoms with Crippen molar-refractivity contribution >= 4 is 47.6 Å². The second kappa shape index (κ2) is 5.88. The minimum atomic E-state index is -3.59. The van der Waals surface area contributed by atoms with Gasteiger partial charge in [-0.15, -0.1) is 0 Å². The van der Waals surface area contributed by atoms with E-state index in [1.165, 1.54) is 23.5 Å². The normalized spacial score (nSPS) is 12.0. The first-order valence-electron chi connectivity index (χ1n) is 5.56. The van der Waals surface area contributed by atoms with Gasteiger partial charge in [0.15, 0.2) is 4.67 Å². The summed E-state index contributed by atoms with van der Waals surface area (Å²) in [7, 11) is -2.10. The summed E-state index contributed by atoms with van der Waals surface area (Å²) in [6.45, 7) is 0.149. The fourth-order valence-corrected chi connectivity index (χ4v) is 3.62. The zero-order valence-electron chi connectivity index (χ0n) is 10.5. The molecule has 20 heavy (non-hydrogen) atoms. The SMILES string of the molecule is CN(Cc1ccc(Br)o1)S(=O)(=O)c1ccc(N)c(Br)c1. The van der Waals surface area contributed by atoms with E-state index in [1.54, 1.807) is 18.2 Å². The van der Waals surface area contributed by atoms with Crippen molar-refractivity contribution in [3.8, 4) is 0 Å². The first-order chi connectivity index (χ1) is 9.30. The minimum absolute atomic E-state index is 0.149. The molecule has 0 aliphatic carbocycles. The van der Waals surface area contributed by atoms with Crippen LogP contribution in [0.3, 0.4) is 0 Å². The molecular formula is C12H12Br2N2O3S. The van der Waals surface area contributed by atoms with E-state index in [-0.39, 0.29) is 11.4 Å². The van der Waals surface area contributed by atoms with Gasteiger partial charge in [-0.3, -0.25) is 0 Å². The molecule has 8 heteroatoms. The molecule has 0 spiro atoms. The highest BCUT2D eigenvalue weighted by Gasteiger charge is 2.22. The topological polar surface area (TPSA) is 76.5 Å². The van der Waals surface area contributed by atoms with Gasteiger partial charge in [-0.1, -0.05) is 0 Å². The van der Waals surface area contributed by atoms with Crippen LogP contribution in [0.1, 0.15) is 5.76 Å². The maximum Gasteiger partial charge on any atom is 0.243 e. The van der Waals surface area contributed by atoms with Crippen LogP contribution in [-0.2, 0) is 16.6 Å². The Kier molecular flexibility index (Phi) is 4.58. The van der Waals surface area contributed by atoms with Gasteiger partial charge < -0.3 is 10.2 Å². The molecule has 0 aliphatic heterocycles. The Morgan fingerprint density at radius 3 is 2.50 bits per heavy atom. The van der Waals surface area contributed by atoms with Gasteiger partial charge in [0.1, 0.15) is 5.76 Å². The molecule has 1 aromatic heterocycles. The smallest absolute Gasteiger partial charge is 0.243 e. The Bertz CT molecular complexity index is 728. The van der Waals surface area contributed by atoms with Crippen LogP contribution in [-0.4, -0.2) is 19.8 Å². The van der Waals surface area contributed by atoms with Crippen LogP contribution < -0.4 is 5.73 Å². The number of nitrogens with zero attached hydrogens (tertiary/aromatic N) is 1. The third kappa shape index (κ3) is 3.25. The van der Waals surface area contributed by atoms with Crippen molar-refractivity contribution in [3.05, 3.63) is 45.2 Å². The molecule has 0 amide bonds. The van der Waals surface area contributed by atoms with E-state index in [1.807, 2.05) is 0 Å². The number of anilines is 1. The molecule has 0 saturated heterocycles. The number of rotatable bonds is 4. The number of nitrogen functional groups attached to an aromatic ring is 1. The lowest BCUT2D eigenvalue weighted by atomic mass is 10.3. The Balaban J connectivity index is 2.27. The van der Waals surface area contributed by atoms with Gasteiger partial charge in [0.25, 0.3) is 0 Å². The van der Waals surface area contributed by atoms with Crippen molar-refractivity contribution in [2.45, 2.75) is 11.4 Å². The second-order valence-corrected chi connectivity index (χ2v) is 7.83. The molecule has 0 fully saturated rings. The van der Waals surface area contributed by atoms with Crippen LogP contribution in [0, 0.1) is 0 Å². The second-order valence-electron chi connectivity index (χ2n) is 4.15. The molecule has 0 unspecified atom stereocenters. The number of halogens is 2. The van der Waals surface area contributed by atoms with Gasteiger partial charge in [0.05, 0.1) is 11.4 Å². The standard InChI is InChI=1S/C12H12Br2N2O3S/c1-16(7-8-2-5-12(14)19-8)20(17,18)9-3-4-11(15)10(13)6-9/h2-6H,7,15H2,1H3. The van der Waals surface area contributed by atoms with E-state index in [9.17, 15) is 8.42 Å². The van der Waals surface area contributed by atoms with Crippen molar-refractivity contribution in [1.29, 1.82) is 0 Å². The van der Waals surface area contributed by atoms with E-state index in [4.69, 9.17) is 10.2 Å². The van der Waals surface area contributed by atoms with E-state index in [0.717, 1.165) is 0 Å². The van der Waals surface area contributed by atoms with Crippen molar-refractivity contribution in [2.24, 2.45) is 0 Å². The monoisotopic (exact) mass is 422 g/mol. The molecule has 108 valence electrons. The van der Waals surface area contributed by atoms with E-state index < -0.39 is 10.0 Å². The lowest BCUT2D eigenvalue weighted by molar-refractivity contribution is 0.398.